The quantitative estimate of drug-likeness (QED) is 0.839. The zero-order valence-electron chi connectivity index (χ0n) is 12.0. The third kappa shape index (κ3) is 3.33. The molecule has 1 unspecified atom stereocenters. The number of methoxy groups -OCH3 is 1. The Morgan fingerprint density at radius 1 is 1.50 bits per heavy atom. The third-order valence-electron chi connectivity index (χ3n) is 3.23. The first-order valence-corrected chi connectivity index (χ1v) is 7.26. The Kier molecular flexibility index (Phi) is 5.82. The van der Waals surface area contributed by atoms with E-state index in [9.17, 15) is 0 Å². The molecule has 1 heterocycles. The molecule has 0 amide bonds. The summed E-state index contributed by atoms with van der Waals surface area (Å²) < 4.78 is 8.69. The second kappa shape index (κ2) is 6.68. The first-order chi connectivity index (χ1) is 8.47. The molecule has 0 spiro atoms. The van der Waals surface area contributed by atoms with Crippen LogP contribution in [0.3, 0.4) is 0 Å². The van der Waals surface area contributed by atoms with Crippen LogP contribution < -0.4 is 5.32 Å². The number of nitrogens with zero attached hydrogens (tertiary/aromatic N) is 2. The summed E-state index contributed by atoms with van der Waals surface area (Å²) in [4.78, 5) is 0. The number of nitrogens with one attached hydrogen (secondary N) is 1. The van der Waals surface area contributed by atoms with Gasteiger partial charge in [-0.15, -0.1) is 0 Å². The van der Waals surface area contributed by atoms with E-state index in [2.05, 4.69) is 54.0 Å². The zero-order chi connectivity index (χ0) is 13.8. The lowest BCUT2D eigenvalue weighted by Crippen LogP contribution is -2.42. The molecule has 1 aromatic heterocycles. The summed E-state index contributed by atoms with van der Waals surface area (Å²) in [5.74, 6) is 0. The molecule has 0 aromatic carbocycles. The lowest BCUT2D eigenvalue weighted by Gasteiger charge is -2.34. The lowest BCUT2D eigenvalue weighted by atomic mass is 9.95. The molecule has 0 fully saturated rings. The van der Waals surface area contributed by atoms with E-state index in [1.165, 1.54) is 0 Å². The predicted molar refractivity (Wildman–Crippen MR) is 77.7 cm³/mol. The molecule has 4 nitrogen and oxygen atoms in total. The van der Waals surface area contributed by atoms with Crippen LogP contribution in [0.25, 0.3) is 0 Å². The summed E-state index contributed by atoms with van der Waals surface area (Å²) in [6.07, 6.45) is 2.94. The second-order valence-corrected chi connectivity index (χ2v) is 5.74. The topological polar surface area (TPSA) is 39.1 Å². The molecule has 0 aliphatic carbocycles. The maximum atomic E-state index is 5.65. The highest BCUT2D eigenvalue weighted by molar-refractivity contribution is 9.10. The number of aryl methyl sites for hydroxylation is 1. The highest BCUT2D eigenvalue weighted by Gasteiger charge is 2.34. The highest BCUT2D eigenvalue weighted by atomic mass is 79.9. The second-order valence-electron chi connectivity index (χ2n) is 4.89. The van der Waals surface area contributed by atoms with Gasteiger partial charge in [-0.3, -0.25) is 4.68 Å². The van der Waals surface area contributed by atoms with Crippen molar-refractivity contribution in [3.8, 4) is 0 Å². The maximum absolute atomic E-state index is 5.65. The Balaban J connectivity index is 3.12. The number of hydrogen-bond acceptors (Lipinski definition) is 3. The zero-order valence-corrected chi connectivity index (χ0v) is 13.5. The van der Waals surface area contributed by atoms with E-state index in [0.717, 1.165) is 29.7 Å². The monoisotopic (exact) mass is 317 g/mol. The molecule has 0 aliphatic rings. The summed E-state index contributed by atoms with van der Waals surface area (Å²) in [6, 6.07) is 0.110. The molecule has 0 saturated carbocycles. The van der Waals surface area contributed by atoms with Crippen molar-refractivity contribution in [3.63, 3.8) is 0 Å². The molecule has 104 valence electrons. The lowest BCUT2D eigenvalue weighted by molar-refractivity contribution is -0.0136. The van der Waals surface area contributed by atoms with E-state index in [1.54, 1.807) is 7.11 Å². The largest absolute Gasteiger partial charge is 0.377 e. The van der Waals surface area contributed by atoms with E-state index < -0.39 is 0 Å². The average molecular weight is 318 g/mol. The number of rotatable bonds is 7. The summed E-state index contributed by atoms with van der Waals surface area (Å²) in [6.45, 7) is 10.3. The van der Waals surface area contributed by atoms with Crippen molar-refractivity contribution < 1.29 is 4.74 Å². The molecule has 18 heavy (non-hydrogen) atoms. The average Bonchev–Trinajstić information content (AvgIpc) is 2.71. The summed E-state index contributed by atoms with van der Waals surface area (Å²) in [5, 5.41) is 7.95. The van der Waals surface area contributed by atoms with Gasteiger partial charge in [-0.25, -0.2) is 0 Å². The van der Waals surface area contributed by atoms with Gasteiger partial charge >= 0.3 is 0 Å². The molecule has 0 aliphatic heterocycles. The van der Waals surface area contributed by atoms with Crippen LogP contribution in [0.5, 0.6) is 0 Å². The van der Waals surface area contributed by atoms with Crippen LogP contribution in [-0.2, 0) is 11.3 Å². The Bertz CT molecular complexity index is 376. The van der Waals surface area contributed by atoms with E-state index in [-0.39, 0.29) is 11.6 Å². The Hall–Kier alpha value is -0.390. The van der Waals surface area contributed by atoms with Crippen molar-refractivity contribution in [2.24, 2.45) is 0 Å². The van der Waals surface area contributed by atoms with Crippen molar-refractivity contribution in [3.05, 3.63) is 16.4 Å². The molecule has 1 rings (SSSR count). The van der Waals surface area contributed by atoms with Crippen molar-refractivity contribution >= 4 is 15.9 Å². The highest BCUT2D eigenvalue weighted by Crippen LogP contribution is 2.33. The third-order valence-corrected chi connectivity index (χ3v) is 3.84. The van der Waals surface area contributed by atoms with Gasteiger partial charge in [0, 0.05) is 13.7 Å². The van der Waals surface area contributed by atoms with Crippen molar-refractivity contribution in [2.45, 2.75) is 52.3 Å². The van der Waals surface area contributed by atoms with E-state index in [4.69, 9.17) is 4.74 Å². The first-order valence-electron chi connectivity index (χ1n) is 6.47. The van der Waals surface area contributed by atoms with Gasteiger partial charge in [0.1, 0.15) is 0 Å². The van der Waals surface area contributed by atoms with Gasteiger partial charge in [-0.05, 0) is 49.7 Å². The number of aromatic nitrogens is 2. The first kappa shape index (κ1) is 15.7. The standard InChI is InChI=1S/C13H24BrN3O/c1-6-8-15-12(13(3,4)18-5)11-10(14)9-16-17(11)7-2/h9,12,15H,6-8H2,1-5H3. The molecule has 5 heteroatoms. The molecular weight excluding hydrogens is 294 g/mol. The van der Waals surface area contributed by atoms with Gasteiger partial charge in [-0.2, -0.15) is 5.10 Å². The summed E-state index contributed by atoms with van der Waals surface area (Å²) in [5.41, 5.74) is 0.864. The SMILES string of the molecule is CCCNC(c1c(Br)cnn1CC)C(C)(C)OC. The molecule has 0 radical (unpaired) electrons. The Morgan fingerprint density at radius 2 is 2.17 bits per heavy atom. The molecule has 0 saturated heterocycles. The fourth-order valence-electron chi connectivity index (χ4n) is 1.99. The van der Waals surface area contributed by atoms with Gasteiger partial charge in [0.25, 0.3) is 0 Å². The van der Waals surface area contributed by atoms with Crippen LogP contribution in [0.2, 0.25) is 0 Å². The van der Waals surface area contributed by atoms with Gasteiger partial charge in [0.15, 0.2) is 0 Å². The van der Waals surface area contributed by atoms with Crippen LogP contribution >= 0.6 is 15.9 Å². The van der Waals surface area contributed by atoms with E-state index in [1.807, 2.05) is 10.9 Å². The summed E-state index contributed by atoms with van der Waals surface area (Å²) >= 11 is 3.59. The van der Waals surface area contributed by atoms with Gasteiger partial charge in [0.05, 0.1) is 28.0 Å². The van der Waals surface area contributed by atoms with Crippen molar-refractivity contribution in [1.29, 1.82) is 0 Å². The maximum Gasteiger partial charge on any atom is 0.0832 e. The van der Waals surface area contributed by atoms with Crippen molar-refractivity contribution in [2.75, 3.05) is 13.7 Å². The predicted octanol–water partition coefficient (Wildman–Crippen LogP) is 3.13. The fourth-order valence-corrected chi connectivity index (χ4v) is 2.51. The van der Waals surface area contributed by atoms with Gasteiger partial charge < -0.3 is 10.1 Å². The minimum Gasteiger partial charge on any atom is -0.377 e. The number of hydrogen-bond donors (Lipinski definition) is 1. The minimum absolute atomic E-state index is 0.110. The smallest absolute Gasteiger partial charge is 0.0832 e. The van der Waals surface area contributed by atoms with Crippen LogP contribution in [-0.4, -0.2) is 29.0 Å². The number of ether oxygens (including phenoxy) is 1. The van der Waals surface area contributed by atoms with Crippen LogP contribution in [0.4, 0.5) is 0 Å². The normalized spacial score (nSPS) is 13.9. The minimum atomic E-state index is -0.287. The summed E-state index contributed by atoms with van der Waals surface area (Å²) in [7, 11) is 1.75. The van der Waals surface area contributed by atoms with Crippen LogP contribution in [0.15, 0.2) is 10.7 Å². The van der Waals surface area contributed by atoms with Gasteiger partial charge in [0.2, 0.25) is 0 Å². The molecule has 1 aromatic rings. The van der Waals surface area contributed by atoms with E-state index in [0.29, 0.717) is 0 Å². The fraction of sp³-hybridized carbons (Fsp3) is 0.769. The molecule has 1 atom stereocenters. The molecular formula is C13H24BrN3O. The molecule has 0 bridgehead atoms. The van der Waals surface area contributed by atoms with Crippen LogP contribution in [0, 0.1) is 0 Å². The van der Waals surface area contributed by atoms with Gasteiger partial charge in [-0.1, -0.05) is 6.92 Å². The van der Waals surface area contributed by atoms with Crippen LogP contribution in [0.1, 0.15) is 45.9 Å². The molecule has 1 N–H and O–H groups in total. The number of halogens is 1. The Morgan fingerprint density at radius 3 is 2.67 bits per heavy atom. The Labute approximate surface area is 118 Å². The van der Waals surface area contributed by atoms with Crippen molar-refractivity contribution in [1.82, 2.24) is 15.1 Å². The van der Waals surface area contributed by atoms with E-state index >= 15 is 0 Å².